The molecule has 0 aromatic heterocycles. The molecule has 0 atom stereocenters. The Morgan fingerprint density at radius 3 is 1.56 bits per heavy atom. The molecule has 0 N–H and O–H groups in total. The lowest BCUT2D eigenvalue weighted by Gasteiger charge is -2.28. The molecule has 56 valence electrons. The zero-order valence-corrected chi connectivity index (χ0v) is 7.63. The van der Waals surface area contributed by atoms with Crippen molar-refractivity contribution < 1.29 is 0 Å². The predicted molar refractivity (Wildman–Crippen MR) is 43.0 cm³/mol. The van der Waals surface area contributed by atoms with E-state index in [2.05, 4.69) is 0 Å². The van der Waals surface area contributed by atoms with E-state index in [9.17, 15) is 0 Å². The summed E-state index contributed by atoms with van der Waals surface area (Å²) < 4.78 is -0.705. The van der Waals surface area contributed by atoms with E-state index in [0.29, 0.717) is 0 Å². The molecule has 0 amide bonds. The molecule has 0 unspecified atom stereocenters. The SMILES string of the molecule is CCN(CC)C(C)(Cl)Cl. The summed E-state index contributed by atoms with van der Waals surface area (Å²) in [4.78, 5) is 1.97. The van der Waals surface area contributed by atoms with Crippen LogP contribution in [0.3, 0.4) is 0 Å². The third kappa shape index (κ3) is 3.29. The van der Waals surface area contributed by atoms with E-state index in [-0.39, 0.29) is 0 Å². The third-order valence-corrected chi connectivity index (χ3v) is 1.80. The van der Waals surface area contributed by atoms with E-state index in [0.717, 1.165) is 13.1 Å². The lowest BCUT2D eigenvalue weighted by atomic mass is 10.5. The predicted octanol–water partition coefficient (Wildman–Crippen LogP) is 2.48. The van der Waals surface area contributed by atoms with Gasteiger partial charge in [0.2, 0.25) is 0 Å². The molecule has 9 heavy (non-hydrogen) atoms. The summed E-state index contributed by atoms with van der Waals surface area (Å²) in [6.07, 6.45) is 0. The Morgan fingerprint density at radius 1 is 1.22 bits per heavy atom. The minimum atomic E-state index is -0.705. The van der Waals surface area contributed by atoms with Crippen LogP contribution in [-0.4, -0.2) is 22.4 Å². The van der Waals surface area contributed by atoms with E-state index in [1.807, 2.05) is 18.7 Å². The summed E-state index contributed by atoms with van der Waals surface area (Å²) in [6.45, 7) is 7.63. The topological polar surface area (TPSA) is 3.24 Å². The second-order valence-electron chi connectivity index (χ2n) is 2.01. The van der Waals surface area contributed by atoms with Gasteiger partial charge in [-0.3, -0.25) is 4.90 Å². The zero-order chi connectivity index (χ0) is 7.49. The molecule has 0 saturated carbocycles. The van der Waals surface area contributed by atoms with E-state index in [1.54, 1.807) is 6.92 Å². The van der Waals surface area contributed by atoms with Crippen LogP contribution in [0.5, 0.6) is 0 Å². The fourth-order valence-electron chi connectivity index (χ4n) is 0.779. The van der Waals surface area contributed by atoms with E-state index >= 15 is 0 Å². The fourth-order valence-corrected chi connectivity index (χ4v) is 1.26. The maximum Gasteiger partial charge on any atom is 0.168 e. The first-order valence-corrected chi connectivity index (χ1v) is 3.90. The molecule has 0 aromatic carbocycles. The van der Waals surface area contributed by atoms with Crippen molar-refractivity contribution in [1.29, 1.82) is 0 Å². The number of halogens is 2. The van der Waals surface area contributed by atoms with Gasteiger partial charge in [0, 0.05) is 0 Å². The van der Waals surface area contributed by atoms with Gasteiger partial charge in [0.15, 0.2) is 4.46 Å². The molecule has 0 aliphatic heterocycles. The number of nitrogens with zero attached hydrogens (tertiary/aromatic N) is 1. The first-order valence-electron chi connectivity index (χ1n) is 3.15. The molecule has 0 heterocycles. The molecule has 0 saturated heterocycles. The summed E-state index contributed by atoms with van der Waals surface area (Å²) in [5.41, 5.74) is 0. The van der Waals surface area contributed by atoms with E-state index in [4.69, 9.17) is 23.2 Å². The summed E-state index contributed by atoms with van der Waals surface area (Å²) in [5, 5.41) is 0. The van der Waals surface area contributed by atoms with Crippen LogP contribution in [0, 0.1) is 0 Å². The molecule has 0 aromatic rings. The number of rotatable bonds is 3. The van der Waals surface area contributed by atoms with Gasteiger partial charge in [0.25, 0.3) is 0 Å². The first kappa shape index (κ1) is 9.54. The van der Waals surface area contributed by atoms with Crippen molar-refractivity contribution in [2.45, 2.75) is 25.2 Å². The molecular formula is C6H13Cl2N. The van der Waals surface area contributed by atoms with Crippen LogP contribution in [0.1, 0.15) is 20.8 Å². The lowest BCUT2D eigenvalue weighted by molar-refractivity contribution is 0.262. The second kappa shape index (κ2) is 3.65. The molecule has 3 heteroatoms. The Kier molecular flexibility index (Phi) is 3.86. The average molecular weight is 170 g/mol. The zero-order valence-electron chi connectivity index (χ0n) is 6.12. The van der Waals surface area contributed by atoms with Gasteiger partial charge in [-0.15, -0.1) is 0 Å². The molecule has 0 radical (unpaired) electrons. The van der Waals surface area contributed by atoms with Crippen molar-refractivity contribution in [3.05, 3.63) is 0 Å². The summed E-state index contributed by atoms with van der Waals surface area (Å²) in [7, 11) is 0. The molecule has 0 rings (SSSR count). The Morgan fingerprint density at radius 2 is 1.56 bits per heavy atom. The highest BCUT2D eigenvalue weighted by Crippen LogP contribution is 2.23. The van der Waals surface area contributed by atoms with Gasteiger partial charge in [-0.25, -0.2) is 0 Å². The normalized spacial score (nSPS) is 12.7. The minimum absolute atomic E-state index is 0.705. The molecule has 0 bridgehead atoms. The van der Waals surface area contributed by atoms with Crippen molar-refractivity contribution >= 4 is 23.2 Å². The minimum Gasteiger partial charge on any atom is -0.273 e. The molecule has 0 aliphatic carbocycles. The van der Waals surface area contributed by atoms with E-state index in [1.165, 1.54) is 0 Å². The summed E-state index contributed by atoms with van der Waals surface area (Å²) in [5.74, 6) is 0. The maximum atomic E-state index is 5.79. The molecule has 0 fully saturated rings. The van der Waals surface area contributed by atoms with Crippen LogP contribution < -0.4 is 0 Å². The Hall–Kier alpha value is 0.540. The summed E-state index contributed by atoms with van der Waals surface area (Å²) in [6, 6.07) is 0. The second-order valence-corrected chi connectivity index (χ2v) is 3.68. The summed E-state index contributed by atoms with van der Waals surface area (Å²) >= 11 is 11.6. The van der Waals surface area contributed by atoms with Crippen LogP contribution in [-0.2, 0) is 0 Å². The van der Waals surface area contributed by atoms with Crippen molar-refractivity contribution in [3.8, 4) is 0 Å². The van der Waals surface area contributed by atoms with Crippen LogP contribution in [0.4, 0.5) is 0 Å². The smallest absolute Gasteiger partial charge is 0.168 e. The van der Waals surface area contributed by atoms with Crippen molar-refractivity contribution in [1.82, 2.24) is 4.90 Å². The quantitative estimate of drug-likeness (QED) is 0.464. The number of hydrogen-bond donors (Lipinski definition) is 0. The number of alkyl halides is 2. The molecule has 1 nitrogen and oxygen atoms in total. The van der Waals surface area contributed by atoms with Crippen molar-refractivity contribution in [3.63, 3.8) is 0 Å². The highest BCUT2D eigenvalue weighted by molar-refractivity contribution is 6.47. The third-order valence-electron chi connectivity index (χ3n) is 1.32. The van der Waals surface area contributed by atoms with E-state index < -0.39 is 4.46 Å². The van der Waals surface area contributed by atoms with Gasteiger partial charge in [0.05, 0.1) is 0 Å². The largest absolute Gasteiger partial charge is 0.273 e. The Balaban J connectivity index is 3.79. The average Bonchev–Trinajstić information content (AvgIpc) is 1.65. The van der Waals surface area contributed by atoms with Gasteiger partial charge < -0.3 is 0 Å². The monoisotopic (exact) mass is 169 g/mol. The van der Waals surface area contributed by atoms with Gasteiger partial charge >= 0.3 is 0 Å². The highest BCUT2D eigenvalue weighted by atomic mass is 35.5. The van der Waals surface area contributed by atoms with Gasteiger partial charge in [-0.2, -0.15) is 0 Å². The fraction of sp³-hybridized carbons (Fsp3) is 1.00. The first-order chi connectivity index (χ1) is 4.02. The van der Waals surface area contributed by atoms with Crippen LogP contribution in [0.25, 0.3) is 0 Å². The van der Waals surface area contributed by atoms with Crippen molar-refractivity contribution in [2.24, 2.45) is 0 Å². The van der Waals surface area contributed by atoms with Crippen LogP contribution >= 0.6 is 23.2 Å². The van der Waals surface area contributed by atoms with Crippen LogP contribution in [0.15, 0.2) is 0 Å². The highest BCUT2D eigenvalue weighted by Gasteiger charge is 2.22. The Labute approximate surface area is 66.9 Å². The van der Waals surface area contributed by atoms with Crippen molar-refractivity contribution in [2.75, 3.05) is 13.1 Å². The van der Waals surface area contributed by atoms with Gasteiger partial charge in [0.1, 0.15) is 0 Å². The van der Waals surface area contributed by atoms with Gasteiger partial charge in [-0.05, 0) is 20.0 Å². The lowest BCUT2D eigenvalue weighted by Crippen LogP contribution is -2.36. The molecule has 0 aliphatic rings. The Bertz CT molecular complexity index is 73.6. The maximum absolute atomic E-state index is 5.79. The molecular weight excluding hydrogens is 157 g/mol. The van der Waals surface area contributed by atoms with Gasteiger partial charge in [-0.1, -0.05) is 37.0 Å². The number of hydrogen-bond acceptors (Lipinski definition) is 1. The molecule has 0 spiro atoms. The van der Waals surface area contributed by atoms with Crippen LogP contribution in [0.2, 0.25) is 0 Å². The standard InChI is InChI=1S/C6H13Cl2N/c1-4-9(5-2)6(3,7)8/h4-5H2,1-3H3.